The summed E-state index contributed by atoms with van der Waals surface area (Å²) in [6.07, 6.45) is -0.732. The Hall–Kier alpha value is -2.77. The molecule has 0 radical (unpaired) electrons. The van der Waals surface area contributed by atoms with E-state index in [0.29, 0.717) is 6.42 Å². The Labute approximate surface area is 172 Å². The highest BCUT2D eigenvalue weighted by Crippen LogP contribution is 2.10. The summed E-state index contributed by atoms with van der Waals surface area (Å²) in [6, 6.07) is 8.46. The van der Waals surface area contributed by atoms with Crippen LogP contribution >= 0.6 is 0 Å². The Balaban J connectivity index is 2.62. The van der Waals surface area contributed by atoms with Crippen molar-refractivity contribution in [1.82, 2.24) is 10.2 Å². The standard InChI is InChI=1S/C21H32N2O6/c1-6-27-18(24)16(2)23(14-10-13-22-19(25)29-21(3,4)5)20(26)28-15-17-11-8-7-9-12-17/h7-9,11-12,16H,6,10,13-15H2,1-5H3,(H,22,25). The molecule has 1 unspecified atom stereocenters. The highest BCUT2D eigenvalue weighted by molar-refractivity contribution is 5.81. The summed E-state index contributed by atoms with van der Waals surface area (Å²) in [5.41, 5.74) is 0.256. The molecule has 29 heavy (non-hydrogen) atoms. The Morgan fingerprint density at radius 2 is 1.76 bits per heavy atom. The molecule has 1 aromatic rings. The van der Waals surface area contributed by atoms with Crippen molar-refractivity contribution in [2.45, 2.75) is 59.3 Å². The minimum Gasteiger partial charge on any atom is -0.464 e. The van der Waals surface area contributed by atoms with Crippen molar-refractivity contribution >= 4 is 18.2 Å². The number of amides is 2. The molecular weight excluding hydrogens is 376 g/mol. The number of carbonyl (C=O) groups is 3. The van der Waals surface area contributed by atoms with E-state index in [1.807, 2.05) is 30.3 Å². The van der Waals surface area contributed by atoms with Crippen molar-refractivity contribution in [3.8, 4) is 0 Å². The highest BCUT2D eigenvalue weighted by Gasteiger charge is 2.28. The lowest BCUT2D eigenvalue weighted by Crippen LogP contribution is -2.45. The van der Waals surface area contributed by atoms with Gasteiger partial charge in [0.15, 0.2) is 0 Å². The van der Waals surface area contributed by atoms with Gasteiger partial charge in [-0.25, -0.2) is 14.4 Å². The lowest BCUT2D eigenvalue weighted by Gasteiger charge is -2.27. The van der Waals surface area contributed by atoms with Gasteiger partial charge in [-0.2, -0.15) is 0 Å². The SMILES string of the molecule is CCOC(=O)C(C)N(CCCNC(=O)OC(C)(C)C)C(=O)OCc1ccccc1. The van der Waals surface area contributed by atoms with Crippen LogP contribution in [0.2, 0.25) is 0 Å². The second-order valence-electron chi connectivity index (χ2n) is 7.44. The number of carbonyl (C=O) groups excluding carboxylic acids is 3. The van der Waals surface area contributed by atoms with Gasteiger partial charge in [-0.15, -0.1) is 0 Å². The third kappa shape index (κ3) is 9.82. The fraction of sp³-hybridized carbons (Fsp3) is 0.571. The lowest BCUT2D eigenvalue weighted by atomic mass is 10.2. The third-order valence-corrected chi connectivity index (χ3v) is 3.78. The first-order valence-corrected chi connectivity index (χ1v) is 9.75. The van der Waals surface area contributed by atoms with Gasteiger partial charge in [-0.3, -0.25) is 4.90 Å². The molecule has 0 saturated heterocycles. The molecule has 0 saturated carbocycles. The number of nitrogens with one attached hydrogen (secondary N) is 1. The second-order valence-corrected chi connectivity index (χ2v) is 7.44. The van der Waals surface area contributed by atoms with Crippen LogP contribution in [0, 0.1) is 0 Å². The number of nitrogens with zero attached hydrogens (tertiary/aromatic N) is 1. The molecule has 0 heterocycles. The topological polar surface area (TPSA) is 94.2 Å². The molecule has 2 amide bonds. The number of rotatable bonds is 9. The summed E-state index contributed by atoms with van der Waals surface area (Å²) in [5.74, 6) is -0.510. The largest absolute Gasteiger partial charge is 0.464 e. The van der Waals surface area contributed by atoms with Crippen molar-refractivity contribution in [2.75, 3.05) is 19.7 Å². The number of esters is 1. The number of alkyl carbamates (subject to hydrolysis) is 1. The second kappa shape index (κ2) is 11.9. The van der Waals surface area contributed by atoms with E-state index in [-0.39, 0.29) is 26.3 Å². The smallest absolute Gasteiger partial charge is 0.410 e. The van der Waals surface area contributed by atoms with Gasteiger partial charge >= 0.3 is 18.2 Å². The maximum absolute atomic E-state index is 12.6. The summed E-state index contributed by atoms with van der Waals surface area (Å²) in [6.45, 7) is 9.43. The quantitative estimate of drug-likeness (QED) is 0.382. The molecule has 162 valence electrons. The maximum atomic E-state index is 12.6. The van der Waals surface area contributed by atoms with Crippen LogP contribution in [0.25, 0.3) is 0 Å². The molecule has 0 aliphatic heterocycles. The van der Waals surface area contributed by atoms with Crippen molar-refractivity contribution in [3.05, 3.63) is 35.9 Å². The normalized spacial score (nSPS) is 11.9. The molecule has 8 nitrogen and oxygen atoms in total. The molecule has 0 fully saturated rings. The van der Waals surface area contributed by atoms with Crippen LogP contribution in [0.3, 0.4) is 0 Å². The van der Waals surface area contributed by atoms with Gasteiger partial charge in [0.1, 0.15) is 18.2 Å². The van der Waals surface area contributed by atoms with Crippen LogP contribution in [0.1, 0.15) is 46.6 Å². The minimum absolute atomic E-state index is 0.0991. The number of ether oxygens (including phenoxy) is 3. The third-order valence-electron chi connectivity index (χ3n) is 3.78. The fourth-order valence-corrected chi connectivity index (χ4v) is 2.39. The first kappa shape index (κ1) is 24.3. The molecule has 1 atom stereocenters. The van der Waals surface area contributed by atoms with Gasteiger partial charge in [0.2, 0.25) is 0 Å². The summed E-state index contributed by atoms with van der Waals surface area (Å²) in [4.78, 5) is 37.7. The molecule has 1 rings (SSSR count). The summed E-state index contributed by atoms with van der Waals surface area (Å²) in [5, 5.41) is 2.63. The Morgan fingerprint density at radius 1 is 1.10 bits per heavy atom. The average molecular weight is 408 g/mol. The molecule has 0 aliphatic rings. The summed E-state index contributed by atoms with van der Waals surface area (Å²) < 4.78 is 15.5. The minimum atomic E-state index is -0.806. The molecular formula is C21H32N2O6. The van der Waals surface area contributed by atoms with Crippen LogP contribution in [0.4, 0.5) is 9.59 Å². The lowest BCUT2D eigenvalue weighted by molar-refractivity contribution is -0.148. The predicted octanol–water partition coefficient (Wildman–Crippen LogP) is 3.49. The van der Waals surface area contributed by atoms with Crippen LogP contribution in [0.5, 0.6) is 0 Å². The van der Waals surface area contributed by atoms with Crippen LogP contribution in [-0.4, -0.2) is 54.4 Å². The predicted molar refractivity (Wildman–Crippen MR) is 108 cm³/mol. The fourth-order valence-electron chi connectivity index (χ4n) is 2.39. The van der Waals surface area contributed by atoms with Crippen LogP contribution in [0.15, 0.2) is 30.3 Å². The molecule has 8 heteroatoms. The zero-order chi connectivity index (χ0) is 21.9. The summed E-state index contributed by atoms with van der Waals surface area (Å²) >= 11 is 0. The molecule has 0 aromatic heterocycles. The first-order valence-electron chi connectivity index (χ1n) is 9.75. The monoisotopic (exact) mass is 408 g/mol. The maximum Gasteiger partial charge on any atom is 0.410 e. The molecule has 1 aromatic carbocycles. The van der Waals surface area contributed by atoms with E-state index in [2.05, 4.69) is 5.32 Å². The van der Waals surface area contributed by atoms with Crippen molar-refractivity contribution in [1.29, 1.82) is 0 Å². The van der Waals surface area contributed by atoms with Gasteiger partial charge in [-0.1, -0.05) is 30.3 Å². The Morgan fingerprint density at radius 3 is 2.34 bits per heavy atom. The Kier molecular flexibility index (Phi) is 9.99. The van der Waals surface area contributed by atoms with Gasteiger partial charge in [0.05, 0.1) is 6.61 Å². The highest BCUT2D eigenvalue weighted by atomic mass is 16.6. The number of hydrogen-bond donors (Lipinski definition) is 1. The summed E-state index contributed by atoms with van der Waals surface area (Å²) in [7, 11) is 0. The van der Waals surface area contributed by atoms with Gasteiger partial charge in [0.25, 0.3) is 0 Å². The van der Waals surface area contributed by atoms with Crippen molar-refractivity contribution in [3.63, 3.8) is 0 Å². The van der Waals surface area contributed by atoms with E-state index in [4.69, 9.17) is 14.2 Å². The average Bonchev–Trinajstić information content (AvgIpc) is 2.65. The van der Waals surface area contributed by atoms with Gasteiger partial charge in [0, 0.05) is 13.1 Å². The van der Waals surface area contributed by atoms with E-state index in [1.165, 1.54) is 4.90 Å². The zero-order valence-corrected chi connectivity index (χ0v) is 17.9. The first-order chi connectivity index (χ1) is 13.6. The molecule has 1 N–H and O–H groups in total. The molecule has 0 bridgehead atoms. The van der Waals surface area contributed by atoms with Crippen molar-refractivity contribution < 1.29 is 28.6 Å². The van der Waals surface area contributed by atoms with Gasteiger partial charge in [-0.05, 0) is 46.6 Å². The number of hydrogen-bond acceptors (Lipinski definition) is 6. The van der Waals surface area contributed by atoms with E-state index in [0.717, 1.165) is 5.56 Å². The zero-order valence-electron chi connectivity index (χ0n) is 17.9. The molecule has 0 spiro atoms. The molecule has 0 aliphatic carbocycles. The van der Waals surface area contributed by atoms with Crippen LogP contribution < -0.4 is 5.32 Å². The van der Waals surface area contributed by atoms with Gasteiger partial charge < -0.3 is 19.5 Å². The Bertz CT molecular complexity index is 657. The van der Waals surface area contributed by atoms with E-state index < -0.39 is 29.8 Å². The van der Waals surface area contributed by atoms with E-state index in [9.17, 15) is 14.4 Å². The van der Waals surface area contributed by atoms with E-state index in [1.54, 1.807) is 34.6 Å². The van der Waals surface area contributed by atoms with Crippen molar-refractivity contribution in [2.24, 2.45) is 0 Å². The number of benzene rings is 1. The van der Waals surface area contributed by atoms with Crippen LogP contribution in [-0.2, 0) is 25.6 Å². The van der Waals surface area contributed by atoms with E-state index >= 15 is 0 Å².